The molecule has 0 amide bonds. The van der Waals surface area contributed by atoms with E-state index in [0.717, 1.165) is 49.1 Å². The van der Waals surface area contributed by atoms with Crippen LogP contribution in [0.1, 0.15) is 86.6 Å². The van der Waals surface area contributed by atoms with Crippen molar-refractivity contribution in [3.05, 3.63) is 23.4 Å². The van der Waals surface area contributed by atoms with Gasteiger partial charge in [-0.25, -0.2) is 8.78 Å². The minimum Gasteiger partial charge on any atom is -0.393 e. The van der Waals surface area contributed by atoms with E-state index >= 15 is 0 Å². The largest absolute Gasteiger partial charge is 0.393 e. The van der Waals surface area contributed by atoms with Crippen LogP contribution in [-0.2, 0) is 11.3 Å². The molecule has 3 fully saturated rings. The zero-order valence-electron chi connectivity index (χ0n) is 14.4. The first kappa shape index (κ1) is 17.4. The number of aliphatic hydroxyl groups is 1. The second-order valence-corrected chi connectivity index (χ2v) is 7.86. The SMILES string of the molecule is O[C@H]1[CH]C[C@H](OCc2c(C3CCC(F)(F)CC3)noc2C2CC2)CC1. The Bertz CT molecular complexity index is 581. The molecule has 3 aliphatic rings. The number of nitrogens with zero attached hydrogens (tertiary/aromatic N) is 1. The summed E-state index contributed by atoms with van der Waals surface area (Å²) in [6.45, 7) is 0.437. The predicted molar refractivity (Wildman–Crippen MR) is 87.4 cm³/mol. The molecule has 0 aliphatic heterocycles. The summed E-state index contributed by atoms with van der Waals surface area (Å²) in [6, 6.07) is 0. The van der Waals surface area contributed by atoms with Crippen LogP contribution in [0.2, 0.25) is 0 Å². The van der Waals surface area contributed by atoms with Crippen LogP contribution in [-0.4, -0.2) is 28.4 Å². The molecule has 139 valence electrons. The van der Waals surface area contributed by atoms with Gasteiger partial charge in [0.25, 0.3) is 0 Å². The molecule has 1 aromatic heterocycles. The quantitative estimate of drug-likeness (QED) is 0.847. The second-order valence-electron chi connectivity index (χ2n) is 7.86. The van der Waals surface area contributed by atoms with Gasteiger partial charge in [-0.15, -0.1) is 0 Å². The number of alkyl halides is 2. The Balaban J connectivity index is 1.45. The van der Waals surface area contributed by atoms with Crippen LogP contribution in [0.25, 0.3) is 0 Å². The van der Waals surface area contributed by atoms with Gasteiger partial charge in [0.2, 0.25) is 5.92 Å². The smallest absolute Gasteiger partial charge is 0.248 e. The van der Waals surface area contributed by atoms with E-state index in [1.165, 1.54) is 0 Å². The molecule has 3 saturated carbocycles. The number of aliphatic hydroxyl groups excluding tert-OH is 1. The average molecular weight is 354 g/mol. The number of halogens is 2. The van der Waals surface area contributed by atoms with Gasteiger partial charge in [0, 0.05) is 30.2 Å². The Morgan fingerprint density at radius 1 is 1.12 bits per heavy atom. The van der Waals surface area contributed by atoms with Crippen LogP contribution in [0.4, 0.5) is 8.78 Å². The lowest BCUT2D eigenvalue weighted by atomic mass is 9.83. The molecule has 1 N–H and O–H groups in total. The van der Waals surface area contributed by atoms with Crippen molar-refractivity contribution in [1.82, 2.24) is 5.16 Å². The molecule has 0 bridgehead atoms. The summed E-state index contributed by atoms with van der Waals surface area (Å²) < 4.78 is 38.6. The molecule has 0 aromatic carbocycles. The van der Waals surface area contributed by atoms with Crippen molar-refractivity contribution in [2.75, 3.05) is 0 Å². The van der Waals surface area contributed by atoms with Crippen molar-refractivity contribution in [1.29, 1.82) is 0 Å². The van der Waals surface area contributed by atoms with Gasteiger partial charge in [-0.3, -0.25) is 0 Å². The molecule has 1 radical (unpaired) electrons. The zero-order valence-corrected chi connectivity index (χ0v) is 14.4. The fourth-order valence-corrected chi connectivity index (χ4v) is 4.03. The van der Waals surface area contributed by atoms with Gasteiger partial charge in [-0.05, 0) is 51.4 Å². The monoisotopic (exact) mass is 354 g/mol. The molecule has 3 aliphatic carbocycles. The summed E-state index contributed by atoms with van der Waals surface area (Å²) in [4.78, 5) is 0. The van der Waals surface area contributed by atoms with Crippen molar-refractivity contribution in [3.8, 4) is 0 Å². The molecule has 6 heteroatoms. The third-order valence-corrected chi connectivity index (χ3v) is 5.82. The minimum absolute atomic E-state index is 0.0502. The van der Waals surface area contributed by atoms with Gasteiger partial charge in [-0.1, -0.05) is 5.16 Å². The summed E-state index contributed by atoms with van der Waals surface area (Å²) in [5.74, 6) is -1.15. The lowest BCUT2D eigenvalue weighted by Gasteiger charge is -2.28. The van der Waals surface area contributed by atoms with Crippen LogP contribution in [0.5, 0.6) is 0 Å². The maximum atomic E-state index is 13.5. The molecule has 4 rings (SSSR count). The lowest BCUT2D eigenvalue weighted by molar-refractivity contribution is -0.0389. The molecule has 0 spiro atoms. The number of ether oxygens (including phenoxy) is 1. The number of hydrogen-bond acceptors (Lipinski definition) is 4. The van der Waals surface area contributed by atoms with Crippen LogP contribution in [0.3, 0.4) is 0 Å². The Hall–Kier alpha value is -1.01. The van der Waals surface area contributed by atoms with Gasteiger partial charge >= 0.3 is 0 Å². The third kappa shape index (κ3) is 4.05. The predicted octanol–water partition coefficient (Wildman–Crippen LogP) is 4.48. The van der Waals surface area contributed by atoms with Crippen molar-refractivity contribution in [2.45, 2.75) is 94.4 Å². The third-order valence-electron chi connectivity index (χ3n) is 5.82. The van der Waals surface area contributed by atoms with E-state index in [1.54, 1.807) is 0 Å². The van der Waals surface area contributed by atoms with Gasteiger partial charge in [0.05, 0.1) is 24.5 Å². The van der Waals surface area contributed by atoms with Gasteiger partial charge < -0.3 is 14.4 Å². The molecule has 1 aromatic rings. The first-order chi connectivity index (χ1) is 12.0. The Labute approximate surface area is 146 Å². The van der Waals surface area contributed by atoms with Gasteiger partial charge in [0.1, 0.15) is 5.76 Å². The van der Waals surface area contributed by atoms with Crippen molar-refractivity contribution >= 4 is 0 Å². The molecule has 0 saturated heterocycles. The van der Waals surface area contributed by atoms with E-state index in [2.05, 4.69) is 5.16 Å². The molecule has 2 atom stereocenters. The fourth-order valence-electron chi connectivity index (χ4n) is 4.03. The van der Waals surface area contributed by atoms with E-state index in [4.69, 9.17) is 9.26 Å². The standard InChI is InChI=1S/C19H26F2NO3/c20-19(21)9-7-12(8-10-19)17-16(18(25-22-17)13-1-2-13)11-24-15-5-3-14(23)4-6-15/h3,12-15,23H,1-2,4-11H2/t14-,15-/m0/s1. The highest BCUT2D eigenvalue weighted by atomic mass is 19.3. The Kier molecular flexibility index (Phi) is 4.84. The lowest BCUT2D eigenvalue weighted by Crippen LogP contribution is -2.26. The van der Waals surface area contributed by atoms with Gasteiger partial charge in [0.15, 0.2) is 0 Å². The highest BCUT2D eigenvalue weighted by Crippen LogP contribution is 2.47. The number of hydrogen-bond donors (Lipinski definition) is 1. The highest BCUT2D eigenvalue weighted by molar-refractivity contribution is 5.30. The van der Waals surface area contributed by atoms with E-state index in [9.17, 15) is 13.9 Å². The van der Waals surface area contributed by atoms with Crippen LogP contribution in [0.15, 0.2) is 4.52 Å². The normalized spacial score (nSPS) is 30.5. The zero-order chi connectivity index (χ0) is 17.4. The molecule has 25 heavy (non-hydrogen) atoms. The average Bonchev–Trinajstić information content (AvgIpc) is 3.35. The summed E-state index contributed by atoms with van der Waals surface area (Å²) >= 11 is 0. The van der Waals surface area contributed by atoms with Crippen LogP contribution >= 0.6 is 0 Å². The van der Waals surface area contributed by atoms with E-state index in [0.29, 0.717) is 25.4 Å². The molecule has 0 unspecified atom stereocenters. The van der Waals surface area contributed by atoms with Crippen molar-refractivity contribution < 1.29 is 23.1 Å². The maximum Gasteiger partial charge on any atom is 0.248 e. The van der Waals surface area contributed by atoms with E-state index in [-0.39, 0.29) is 31.0 Å². The van der Waals surface area contributed by atoms with E-state index in [1.807, 2.05) is 6.42 Å². The maximum absolute atomic E-state index is 13.5. The van der Waals surface area contributed by atoms with Crippen molar-refractivity contribution in [2.24, 2.45) is 0 Å². The molecular weight excluding hydrogens is 328 g/mol. The minimum atomic E-state index is -2.53. The summed E-state index contributed by atoms with van der Waals surface area (Å²) in [6.07, 6.45) is 6.98. The highest BCUT2D eigenvalue weighted by Gasteiger charge is 2.39. The second kappa shape index (κ2) is 6.95. The summed E-state index contributed by atoms with van der Waals surface area (Å²) in [7, 11) is 0. The molecule has 1 heterocycles. The first-order valence-electron chi connectivity index (χ1n) is 9.51. The van der Waals surface area contributed by atoms with E-state index < -0.39 is 5.92 Å². The first-order valence-corrected chi connectivity index (χ1v) is 9.51. The van der Waals surface area contributed by atoms with Crippen LogP contribution in [0, 0.1) is 6.42 Å². The Morgan fingerprint density at radius 3 is 2.52 bits per heavy atom. The van der Waals surface area contributed by atoms with Crippen LogP contribution < -0.4 is 0 Å². The van der Waals surface area contributed by atoms with Crippen molar-refractivity contribution in [3.63, 3.8) is 0 Å². The fraction of sp³-hybridized carbons (Fsp3) is 0.789. The summed E-state index contributed by atoms with van der Waals surface area (Å²) in [5, 5.41) is 13.8. The molecule has 4 nitrogen and oxygen atoms in total. The number of aromatic nitrogens is 1. The summed E-state index contributed by atoms with van der Waals surface area (Å²) in [5.41, 5.74) is 1.85. The number of rotatable bonds is 5. The van der Waals surface area contributed by atoms with Gasteiger partial charge in [-0.2, -0.15) is 0 Å². The molecular formula is C19H26F2NO3. The Morgan fingerprint density at radius 2 is 1.88 bits per heavy atom. The topological polar surface area (TPSA) is 55.5 Å².